The number of hydrogen-bond donors (Lipinski definition) is 0. The summed E-state index contributed by atoms with van der Waals surface area (Å²) in [6.07, 6.45) is 2.01. The Morgan fingerprint density at radius 3 is 2.25 bits per heavy atom. The average molecular weight is 437 g/mol. The summed E-state index contributed by atoms with van der Waals surface area (Å²) >= 11 is 6.01. The molecule has 0 fully saturated rings. The first-order valence-electron chi connectivity index (χ1n) is 10.5. The largest absolute Gasteiger partial charge is 0.457 e. The van der Waals surface area contributed by atoms with Crippen LogP contribution in [0.25, 0.3) is 6.08 Å². The third kappa shape index (κ3) is 3.86. The van der Waals surface area contributed by atoms with E-state index in [1.54, 1.807) is 24.3 Å². The molecule has 0 heterocycles. The maximum atomic E-state index is 13.7. The topological polar surface area (TPSA) is 26.3 Å². The van der Waals surface area contributed by atoms with E-state index in [1.807, 2.05) is 54.6 Å². The van der Waals surface area contributed by atoms with Crippen LogP contribution in [0.1, 0.15) is 38.5 Å². The number of carbonyl (C=O) groups is 1. The lowest BCUT2D eigenvalue weighted by atomic mass is 9.89. The lowest BCUT2D eigenvalue weighted by Crippen LogP contribution is -2.02. The summed E-state index contributed by atoms with van der Waals surface area (Å²) in [4.78, 5) is 13.7. The fourth-order valence-electron chi connectivity index (χ4n) is 4.18. The van der Waals surface area contributed by atoms with Gasteiger partial charge in [0.05, 0.1) is 5.56 Å². The number of carbonyl (C=O) groups excluding carboxylic acids is 1. The van der Waals surface area contributed by atoms with E-state index in [0.29, 0.717) is 22.1 Å². The van der Waals surface area contributed by atoms with Crippen LogP contribution < -0.4 is 4.74 Å². The Morgan fingerprint density at radius 2 is 1.53 bits per heavy atom. The van der Waals surface area contributed by atoms with E-state index in [4.69, 9.17) is 16.3 Å². The summed E-state index contributed by atoms with van der Waals surface area (Å²) in [5, 5.41) is 0.638. The molecule has 1 unspecified atom stereocenters. The van der Waals surface area contributed by atoms with Gasteiger partial charge in [0, 0.05) is 16.5 Å². The van der Waals surface area contributed by atoms with Gasteiger partial charge in [-0.1, -0.05) is 83.9 Å². The number of Topliss-reactive ketones (excluding diaryl/α,β-unsaturated/α-hetero) is 1. The van der Waals surface area contributed by atoms with E-state index in [9.17, 15) is 4.79 Å². The zero-order chi connectivity index (χ0) is 22.1. The first-order chi connectivity index (χ1) is 15.6. The predicted octanol–water partition coefficient (Wildman–Crippen LogP) is 7.85. The first kappa shape index (κ1) is 20.3. The Hall–Kier alpha value is -3.62. The summed E-state index contributed by atoms with van der Waals surface area (Å²) in [6, 6.07) is 31.3. The maximum Gasteiger partial charge on any atom is 0.194 e. The minimum absolute atomic E-state index is 0.000934. The molecule has 4 aromatic rings. The van der Waals surface area contributed by atoms with Gasteiger partial charge in [-0.25, -0.2) is 0 Å². The van der Waals surface area contributed by atoms with Gasteiger partial charge in [0.15, 0.2) is 5.78 Å². The number of ether oxygens (including phenoxy) is 1. The summed E-state index contributed by atoms with van der Waals surface area (Å²) in [6.45, 7) is 2.06. The number of allylic oxidation sites excluding steroid dienone is 1. The zero-order valence-corrected chi connectivity index (χ0v) is 18.3. The van der Waals surface area contributed by atoms with Crippen molar-refractivity contribution in [1.29, 1.82) is 0 Å². The normalized spacial score (nSPS) is 16.2. The molecule has 0 radical (unpaired) electrons. The molecule has 0 N–H and O–H groups in total. The molecule has 3 heteroatoms. The molecule has 0 bridgehead atoms. The fraction of sp³-hybridized carbons (Fsp3) is 0.0690. The van der Waals surface area contributed by atoms with Crippen LogP contribution in [-0.2, 0) is 0 Å². The Bertz CT molecular complexity index is 1300. The molecule has 1 atom stereocenters. The maximum absolute atomic E-state index is 13.7. The highest BCUT2D eigenvalue weighted by molar-refractivity contribution is 6.30. The van der Waals surface area contributed by atoms with Gasteiger partial charge in [-0.05, 0) is 60.0 Å². The number of fused-ring (bicyclic) bond motifs is 1. The standard InChI is InChI=1S/C29H21ClO2/c1-19-10-12-20(13-11-19)18-25-27(21-6-3-2-4-7-21)24-8-5-9-26(28(24)29(25)31)32-23-16-14-22(30)15-17-23/h2-18,27H,1H3. The number of aryl methyl sites for hydroxylation is 1. The second-order valence-electron chi connectivity index (χ2n) is 7.96. The summed E-state index contributed by atoms with van der Waals surface area (Å²) in [5.74, 6) is 1.05. The fourth-order valence-corrected chi connectivity index (χ4v) is 4.31. The van der Waals surface area contributed by atoms with Gasteiger partial charge in [0.2, 0.25) is 0 Å². The van der Waals surface area contributed by atoms with Crippen molar-refractivity contribution in [2.45, 2.75) is 12.8 Å². The van der Waals surface area contributed by atoms with Crippen LogP contribution in [0.4, 0.5) is 0 Å². The van der Waals surface area contributed by atoms with Crippen molar-refractivity contribution < 1.29 is 9.53 Å². The highest BCUT2D eigenvalue weighted by atomic mass is 35.5. The van der Waals surface area contributed by atoms with Crippen LogP contribution in [-0.4, -0.2) is 5.78 Å². The monoisotopic (exact) mass is 436 g/mol. The molecular formula is C29H21ClO2. The molecule has 0 aromatic heterocycles. The summed E-state index contributed by atoms with van der Waals surface area (Å²) < 4.78 is 6.14. The minimum atomic E-state index is -0.145. The zero-order valence-electron chi connectivity index (χ0n) is 17.6. The van der Waals surface area contributed by atoms with Crippen molar-refractivity contribution in [2.75, 3.05) is 0 Å². The molecule has 1 aliphatic rings. The van der Waals surface area contributed by atoms with Crippen LogP contribution in [0.5, 0.6) is 11.5 Å². The van der Waals surface area contributed by atoms with Gasteiger partial charge < -0.3 is 4.74 Å². The molecule has 0 amide bonds. The molecular weight excluding hydrogens is 416 g/mol. The number of halogens is 1. The molecule has 0 spiro atoms. The highest BCUT2D eigenvalue weighted by Gasteiger charge is 2.38. The van der Waals surface area contributed by atoms with Crippen molar-refractivity contribution in [3.05, 3.63) is 135 Å². The van der Waals surface area contributed by atoms with Crippen molar-refractivity contribution in [2.24, 2.45) is 0 Å². The second kappa shape index (κ2) is 8.49. The van der Waals surface area contributed by atoms with Crippen LogP contribution >= 0.6 is 11.6 Å². The van der Waals surface area contributed by atoms with Gasteiger partial charge >= 0.3 is 0 Å². The third-order valence-corrected chi connectivity index (χ3v) is 6.00. The van der Waals surface area contributed by atoms with Gasteiger partial charge in [0.1, 0.15) is 11.5 Å². The molecule has 0 saturated carbocycles. The molecule has 156 valence electrons. The summed E-state index contributed by atoms with van der Waals surface area (Å²) in [7, 11) is 0. The lowest BCUT2D eigenvalue weighted by Gasteiger charge is -2.14. The van der Waals surface area contributed by atoms with Crippen molar-refractivity contribution in [3.8, 4) is 11.5 Å². The molecule has 5 rings (SSSR count). The van der Waals surface area contributed by atoms with E-state index in [2.05, 4.69) is 31.2 Å². The molecule has 32 heavy (non-hydrogen) atoms. The quantitative estimate of drug-likeness (QED) is 0.304. The Kier molecular flexibility index (Phi) is 5.38. The van der Waals surface area contributed by atoms with E-state index in [0.717, 1.165) is 22.3 Å². The number of hydrogen-bond acceptors (Lipinski definition) is 2. The molecule has 0 aliphatic heterocycles. The third-order valence-electron chi connectivity index (χ3n) is 5.74. The molecule has 0 saturated heterocycles. The number of rotatable bonds is 4. The van der Waals surface area contributed by atoms with Crippen molar-refractivity contribution in [3.63, 3.8) is 0 Å². The van der Waals surface area contributed by atoms with E-state index in [1.165, 1.54) is 5.56 Å². The summed E-state index contributed by atoms with van der Waals surface area (Å²) in [5.41, 5.74) is 5.61. The SMILES string of the molecule is Cc1ccc(C=C2C(=O)c3c(Oc4ccc(Cl)cc4)cccc3C2c2ccccc2)cc1. The van der Waals surface area contributed by atoms with E-state index < -0.39 is 0 Å². The van der Waals surface area contributed by atoms with Gasteiger partial charge in [-0.2, -0.15) is 0 Å². The van der Waals surface area contributed by atoms with Crippen LogP contribution in [0, 0.1) is 6.92 Å². The first-order valence-corrected chi connectivity index (χ1v) is 10.9. The van der Waals surface area contributed by atoms with Gasteiger partial charge in [0.25, 0.3) is 0 Å². The van der Waals surface area contributed by atoms with Crippen LogP contribution in [0.2, 0.25) is 5.02 Å². The number of benzene rings is 4. The van der Waals surface area contributed by atoms with E-state index >= 15 is 0 Å². The Morgan fingerprint density at radius 1 is 0.812 bits per heavy atom. The van der Waals surface area contributed by atoms with Crippen LogP contribution in [0.15, 0.2) is 103 Å². The lowest BCUT2D eigenvalue weighted by molar-refractivity contribution is 0.103. The highest BCUT2D eigenvalue weighted by Crippen LogP contribution is 2.46. The molecule has 4 aromatic carbocycles. The Balaban J connectivity index is 1.64. The predicted molar refractivity (Wildman–Crippen MR) is 130 cm³/mol. The molecule has 1 aliphatic carbocycles. The second-order valence-corrected chi connectivity index (χ2v) is 8.40. The average Bonchev–Trinajstić information content (AvgIpc) is 3.10. The Labute approximate surface area is 192 Å². The van der Waals surface area contributed by atoms with E-state index in [-0.39, 0.29) is 11.7 Å². The van der Waals surface area contributed by atoms with Gasteiger partial charge in [-0.3, -0.25) is 4.79 Å². The molecule has 2 nitrogen and oxygen atoms in total. The van der Waals surface area contributed by atoms with Crippen LogP contribution in [0.3, 0.4) is 0 Å². The number of ketones is 1. The van der Waals surface area contributed by atoms with Gasteiger partial charge in [-0.15, -0.1) is 0 Å². The smallest absolute Gasteiger partial charge is 0.194 e. The van der Waals surface area contributed by atoms with Crippen molar-refractivity contribution in [1.82, 2.24) is 0 Å². The van der Waals surface area contributed by atoms with Crippen molar-refractivity contribution >= 4 is 23.5 Å². The minimum Gasteiger partial charge on any atom is -0.457 e.